The summed E-state index contributed by atoms with van der Waals surface area (Å²) in [5.74, 6) is 0. The van der Waals surface area contributed by atoms with E-state index in [4.69, 9.17) is 0 Å². The van der Waals surface area contributed by atoms with E-state index in [9.17, 15) is 0 Å². The van der Waals surface area contributed by atoms with Crippen LogP contribution in [-0.4, -0.2) is 6.54 Å². The Kier molecular flexibility index (Phi) is 2.43. The van der Waals surface area contributed by atoms with Crippen molar-refractivity contribution in [2.24, 2.45) is 0 Å². The minimum atomic E-state index is 0.318. The molecule has 1 aliphatic heterocycles. The molecule has 2 heterocycles. The van der Waals surface area contributed by atoms with Crippen LogP contribution in [0.2, 0.25) is 0 Å². The third kappa shape index (κ3) is 1.53. The van der Waals surface area contributed by atoms with Crippen molar-refractivity contribution in [1.82, 2.24) is 5.32 Å². The zero-order valence-electron chi connectivity index (χ0n) is 8.39. The minimum absolute atomic E-state index is 0.318. The Morgan fingerprint density at radius 3 is 2.85 bits per heavy atom. The highest BCUT2D eigenvalue weighted by Gasteiger charge is 2.34. The lowest BCUT2D eigenvalue weighted by Gasteiger charge is -2.26. The van der Waals surface area contributed by atoms with E-state index in [0.717, 1.165) is 0 Å². The molecular formula is C11H17NS. The van der Waals surface area contributed by atoms with Crippen molar-refractivity contribution in [2.45, 2.75) is 38.6 Å². The van der Waals surface area contributed by atoms with Crippen molar-refractivity contribution in [3.8, 4) is 0 Å². The van der Waals surface area contributed by atoms with Crippen molar-refractivity contribution in [2.75, 3.05) is 6.54 Å². The largest absolute Gasteiger partial charge is 0.307 e. The van der Waals surface area contributed by atoms with Crippen LogP contribution in [0.25, 0.3) is 0 Å². The van der Waals surface area contributed by atoms with Crippen LogP contribution in [0.1, 0.15) is 35.9 Å². The molecule has 0 bridgehead atoms. The Morgan fingerprint density at radius 2 is 2.38 bits per heavy atom. The SMILES string of the molecule is CCC1(c2ccc(C)s2)CCCN1. The van der Waals surface area contributed by atoms with E-state index >= 15 is 0 Å². The molecule has 72 valence electrons. The van der Waals surface area contributed by atoms with E-state index in [-0.39, 0.29) is 0 Å². The molecule has 1 nitrogen and oxygen atoms in total. The highest BCUT2D eigenvalue weighted by molar-refractivity contribution is 7.12. The average Bonchev–Trinajstić information content (AvgIpc) is 2.73. The molecule has 0 aliphatic carbocycles. The molecule has 1 atom stereocenters. The first kappa shape index (κ1) is 9.22. The normalized spacial score (nSPS) is 28.2. The molecule has 1 N–H and O–H groups in total. The first-order chi connectivity index (χ1) is 6.27. The Hall–Kier alpha value is -0.340. The predicted octanol–water partition coefficient (Wildman–Crippen LogP) is 3.05. The van der Waals surface area contributed by atoms with E-state index in [1.165, 1.54) is 35.6 Å². The third-order valence-electron chi connectivity index (χ3n) is 3.06. The molecule has 1 fully saturated rings. The highest BCUT2D eigenvalue weighted by Crippen LogP contribution is 2.37. The molecule has 0 saturated carbocycles. The predicted molar refractivity (Wildman–Crippen MR) is 58.3 cm³/mol. The van der Waals surface area contributed by atoms with Crippen molar-refractivity contribution in [1.29, 1.82) is 0 Å². The van der Waals surface area contributed by atoms with Gasteiger partial charge in [0.1, 0.15) is 0 Å². The lowest BCUT2D eigenvalue weighted by molar-refractivity contribution is 0.384. The van der Waals surface area contributed by atoms with Gasteiger partial charge in [0.05, 0.1) is 5.54 Å². The fourth-order valence-electron chi connectivity index (χ4n) is 2.18. The van der Waals surface area contributed by atoms with Crippen LogP contribution in [-0.2, 0) is 5.54 Å². The van der Waals surface area contributed by atoms with Gasteiger partial charge >= 0.3 is 0 Å². The molecular weight excluding hydrogens is 178 g/mol. The summed E-state index contributed by atoms with van der Waals surface area (Å²) in [7, 11) is 0. The molecule has 0 amide bonds. The molecule has 0 aromatic carbocycles. The molecule has 0 radical (unpaired) electrons. The van der Waals surface area contributed by atoms with E-state index < -0.39 is 0 Å². The van der Waals surface area contributed by atoms with E-state index in [0.29, 0.717) is 5.54 Å². The number of rotatable bonds is 2. The second-order valence-electron chi connectivity index (χ2n) is 3.88. The quantitative estimate of drug-likeness (QED) is 0.765. The van der Waals surface area contributed by atoms with Gasteiger partial charge in [0.2, 0.25) is 0 Å². The van der Waals surface area contributed by atoms with Gasteiger partial charge in [-0.15, -0.1) is 11.3 Å². The van der Waals surface area contributed by atoms with Gasteiger partial charge in [0.15, 0.2) is 0 Å². The van der Waals surface area contributed by atoms with Gasteiger partial charge in [-0.1, -0.05) is 6.92 Å². The van der Waals surface area contributed by atoms with Crippen LogP contribution in [0.3, 0.4) is 0 Å². The molecule has 1 unspecified atom stereocenters. The second kappa shape index (κ2) is 3.43. The second-order valence-corrected chi connectivity index (χ2v) is 5.16. The zero-order valence-corrected chi connectivity index (χ0v) is 9.21. The molecule has 13 heavy (non-hydrogen) atoms. The molecule has 1 aromatic heterocycles. The van der Waals surface area contributed by atoms with Crippen molar-refractivity contribution < 1.29 is 0 Å². The van der Waals surface area contributed by atoms with Crippen LogP contribution >= 0.6 is 11.3 Å². The fraction of sp³-hybridized carbons (Fsp3) is 0.636. The summed E-state index contributed by atoms with van der Waals surface area (Å²) >= 11 is 1.95. The monoisotopic (exact) mass is 195 g/mol. The summed E-state index contributed by atoms with van der Waals surface area (Å²) in [5.41, 5.74) is 0.318. The highest BCUT2D eigenvalue weighted by atomic mass is 32.1. The maximum absolute atomic E-state index is 3.66. The summed E-state index contributed by atoms with van der Waals surface area (Å²) in [6.45, 7) is 5.66. The van der Waals surface area contributed by atoms with Gasteiger partial charge in [0.25, 0.3) is 0 Å². The number of aryl methyl sites for hydroxylation is 1. The number of thiophene rings is 1. The number of nitrogens with one attached hydrogen (secondary N) is 1. The van der Waals surface area contributed by atoms with E-state index in [1.54, 1.807) is 0 Å². The van der Waals surface area contributed by atoms with Crippen molar-refractivity contribution >= 4 is 11.3 Å². The lowest BCUT2D eigenvalue weighted by Crippen LogP contribution is -2.34. The van der Waals surface area contributed by atoms with Gasteiger partial charge in [0, 0.05) is 9.75 Å². The van der Waals surface area contributed by atoms with Crippen molar-refractivity contribution in [3.05, 3.63) is 21.9 Å². The van der Waals surface area contributed by atoms with Crippen molar-refractivity contribution in [3.63, 3.8) is 0 Å². The molecule has 1 saturated heterocycles. The molecule has 2 rings (SSSR count). The molecule has 0 spiro atoms. The Morgan fingerprint density at radius 1 is 1.54 bits per heavy atom. The molecule has 1 aromatic rings. The Balaban J connectivity index is 2.30. The van der Waals surface area contributed by atoms with Crippen LogP contribution in [0, 0.1) is 6.92 Å². The van der Waals surface area contributed by atoms with E-state index in [1.807, 2.05) is 11.3 Å². The first-order valence-corrected chi connectivity index (χ1v) is 5.90. The first-order valence-electron chi connectivity index (χ1n) is 5.09. The van der Waals surface area contributed by atoms with Crippen LogP contribution in [0.4, 0.5) is 0 Å². The summed E-state index contributed by atoms with van der Waals surface area (Å²) < 4.78 is 0. The van der Waals surface area contributed by atoms with Crippen LogP contribution in [0.5, 0.6) is 0 Å². The lowest BCUT2D eigenvalue weighted by atomic mass is 9.92. The third-order valence-corrected chi connectivity index (χ3v) is 4.26. The summed E-state index contributed by atoms with van der Waals surface area (Å²) in [6.07, 6.45) is 3.85. The summed E-state index contributed by atoms with van der Waals surface area (Å²) in [6, 6.07) is 4.53. The summed E-state index contributed by atoms with van der Waals surface area (Å²) in [4.78, 5) is 2.96. The van der Waals surface area contributed by atoms with Gasteiger partial charge in [-0.25, -0.2) is 0 Å². The smallest absolute Gasteiger partial charge is 0.0526 e. The van der Waals surface area contributed by atoms with Gasteiger partial charge in [-0.3, -0.25) is 0 Å². The zero-order chi connectivity index (χ0) is 9.31. The van der Waals surface area contributed by atoms with Crippen LogP contribution < -0.4 is 5.32 Å². The number of hydrogen-bond donors (Lipinski definition) is 1. The molecule has 1 aliphatic rings. The topological polar surface area (TPSA) is 12.0 Å². The van der Waals surface area contributed by atoms with E-state index in [2.05, 4.69) is 31.3 Å². The standard InChI is InChI=1S/C11H17NS/c1-3-11(7-4-8-12-11)10-6-5-9(2)13-10/h5-6,12H,3-4,7-8H2,1-2H3. The maximum atomic E-state index is 3.66. The average molecular weight is 195 g/mol. The minimum Gasteiger partial charge on any atom is -0.307 e. The van der Waals surface area contributed by atoms with Gasteiger partial charge in [-0.2, -0.15) is 0 Å². The molecule has 2 heteroatoms. The Bertz CT molecular complexity index is 284. The number of hydrogen-bond acceptors (Lipinski definition) is 2. The summed E-state index contributed by atoms with van der Waals surface area (Å²) in [5, 5.41) is 3.66. The van der Waals surface area contributed by atoms with Gasteiger partial charge < -0.3 is 5.32 Å². The fourth-order valence-corrected chi connectivity index (χ4v) is 3.32. The Labute approximate surface area is 84.2 Å². The van der Waals surface area contributed by atoms with Gasteiger partial charge in [-0.05, 0) is 44.9 Å². The van der Waals surface area contributed by atoms with Crippen LogP contribution in [0.15, 0.2) is 12.1 Å². The maximum Gasteiger partial charge on any atom is 0.0526 e.